The van der Waals surface area contributed by atoms with Crippen LogP contribution in [0, 0.1) is 0 Å². The third kappa shape index (κ3) is 2.18. The molecule has 0 bridgehead atoms. The maximum Gasteiger partial charge on any atom is 0.148 e. The summed E-state index contributed by atoms with van der Waals surface area (Å²) in [5.41, 5.74) is 1.93. The largest absolute Gasteiger partial charge is 0.362 e. The zero-order valence-corrected chi connectivity index (χ0v) is 10.9. The molecule has 2 rings (SSSR count). The number of para-hydroxylation sites is 1. The topological polar surface area (TPSA) is 27.6 Å². The number of benzene rings is 1. The van der Waals surface area contributed by atoms with Gasteiger partial charge >= 0.3 is 0 Å². The quantitative estimate of drug-likeness (QED) is 0.750. The standard InChI is InChI=1S/C14H19N3/c1-5-10-14(2)15-12-9-7-6-8-11(12)13(16-14)17(3)4/h5-10,15H,1-4H3/b10-5+. The first-order valence-electron chi connectivity index (χ1n) is 5.84. The van der Waals surface area contributed by atoms with Crippen molar-refractivity contribution in [3.63, 3.8) is 0 Å². The Morgan fingerprint density at radius 2 is 2.00 bits per heavy atom. The van der Waals surface area contributed by atoms with E-state index in [0.717, 1.165) is 17.1 Å². The van der Waals surface area contributed by atoms with E-state index in [1.807, 2.05) is 39.2 Å². The summed E-state index contributed by atoms with van der Waals surface area (Å²) in [5.74, 6) is 1.01. The summed E-state index contributed by atoms with van der Waals surface area (Å²) in [4.78, 5) is 6.85. The summed E-state index contributed by atoms with van der Waals surface area (Å²) in [5, 5.41) is 3.46. The van der Waals surface area contributed by atoms with Gasteiger partial charge in [0.25, 0.3) is 0 Å². The van der Waals surface area contributed by atoms with E-state index in [2.05, 4.69) is 35.3 Å². The smallest absolute Gasteiger partial charge is 0.148 e. The second-order valence-corrected chi connectivity index (χ2v) is 4.65. The van der Waals surface area contributed by atoms with Crippen molar-refractivity contribution >= 4 is 11.5 Å². The lowest BCUT2D eigenvalue weighted by atomic mass is 10.0. The van der Waals surface area contributed by atoms with E-state index < -0.39 is 0 Å². The van der Waals surface area contributed by atoms with E-state index in [-0.39, 0.29) is 5.66 Å². The molecule has 1 heterocycles. The van der Waals surface area contributed by atoms with Crippen LogP contribution in [-0.2, 0) is 0 Å². The highest BCUT2D eigenvalue weighted by molar-refractivity contribution is 6.05. The molecule has 0 radical (unpaired) electrons. The number of nitrogens with one attached hydrogen (secondary N) is 1. The van der Waals surface area contributed by atoms with Crippen LogP contribution in [0.25, 0.3) is 0 Å². The summed E-state index contributed by atoms with van der Waals surface area (Å²) in [6, 6.07) is 8.27. The van der Waals surface area contributed by atoms with Gasteiger partial charge < -0.3 is 10.2 Å². The Morgan fingerprint density at radius 3 is 2.65 bits per heavy atom. The predicted octanol–water partition coefficient (Wildman–Crippen LogP) is 2.71. The highest BCUT2D eigenvalue weighted by atomic mass is 15.2. The fraction of sp³-hybridized carbons (Fsp3) is 0.357. The van der Waals surface area contributed by atoms with Crippen molar-refractivity contribution < 1.29 is 0 Å². The van der Waals surface area contributed by atoms with Crippen LogP contribution >= 0.6 is 0 Å². The molecular weight excluding hydrogens is 210 g/mol. The molecule has 1 unspecified atom stereocenters. The zero-order chi connectivity index (χ0) is 12.5. The fourth-order valence-electron chi connectivity index (χ4n) is 2.11. The number of nitrogens with zero attached hydrogens (tertiary/aromatic N) is 2. The van der Waals surface area contributed by atoms with Crippen LogP contribution < -0.4 is 5.32 Å². The van der Waals surface area contributed by atoms with Crippen molar-refractivity contribution in [3.05, 3.63) is 42.0 Å². The van der Waals surface area contributed by atoms with Crippen molar-refractivity contribution in [1.82, 2.24) is 4.90 Å². The maximum atomic E-state index is 4.79. The minimum absolute atomic E-state index is 0.358. The number of hydrogen-bond donors (Lipinski definition) is 1. The molecular formula is C14H19N3. The van der Waals surface area contributed by atoms with Crippen LogP contribution in [0.2, 0.25) is 0 Å². The van der Waals surface area contributed by atoms with Crippen LogP contribution in [0.1, 0.15) is 19.4 Å². The Hall–Kier alpha value is -1.77. The molecule has 3 heteroatoms. The predicted molar refractivity (Wildman–Crippen MR) is 73.5 cm³/mol. The fourth-order valence-corrected chi connectivity index (χ4v) is 2.11. The highest BCUT2D eigenvalue weighted by Gasteiger charge is 2.28. The molecule has 0 amide bonds. The van der Waals surface area contributed by atoms with Gasteiger partial charge in [0.15, 0.2) is 0 Å². The first kappa shape index (κ1) is 11.7. The normalized spacial score (nSPS) is 22.9. The van der Waals surface area contributed by atoms with E-state index in [4.69, 9.17) is 4.99 Å². The van der Waals surface area contributed by atoms with Gasteiger partial charge in [0.2, 0.25) is 0 Å². The van der Waals surface area contributed by atoms with Gasteiger partial charge in [-0.25, -0.2) is 4.99 Å². The Labute approximate surface area is 103 Å². The third-order valence-corrected chi connectivity index (χ3v) is 2.81. The maximum absolute atomic E-state index is 4.79. The van der Waals surface area contributed by atoms with E-state index in [9.17, 15) is 0 Å². The van der Waals surface area contributed by atoms with Crippen molar-refractivity contribution in [1.29, 1.82) is 0 Å². The van der Waals surface area contributed by atoms with Gasteiger partial charge in [-0.05, 0) is 32.1 Å². The molecule has 0 saturated heterocycles. The van der Waals surface area contributed by atoms with Gasteiger partial charge in [0, 0.05) is 25.3 Å². The molecule has 1 aliphatic heterocycles. The lowest BCUT2D eigenvalue weighted by Crippen LogP contribution is -2.39. The number of anilines is 1. The van der Waals surface area contributed by atoms with E-state index in [1.54, 1.807) is 0 Å². The molecule has 1 N–H and O–H groups in total. The molecule has 1 atom stereocenters. The minimum Gasteiger partial charge on any atom is -0.362 e. The molecule has 90 valence electrons. The first-order chi connectivity index (χ1) is 8.06. The van der Waals surface area contributed by atoms with Gasteiger partial charge in [-0.1, -0.05) is 18.2 Å². The average molecular weight is 229 g/mol. The average Bonchev–Trinajstić information content (AvgIpc) is 2.27. The van der Waals surface area contributed by atoms with Crippen LogP contribution in [0.5, 0.6) is 0 Å². The number of allylic oxidation sites excluding steroid dienone is 1. The molecule has 0 saturated carbocycles. The van der Waals surface area contributed by atoms with Crippen molar-refractivity contribution in [2.24, 2.45) is 4.99 Å². The number of rotatable bonds is 1. The Balaban J connectivity index is 2.55. The second kappa shape index (κ2) is 4.24. The number of hydrogen-bond acceptors (Lipinski definition) is 3. The molecule has 17 heavy (non-hydrogen) atoms. The molecule has 0 fully saturated rings. The van der Waals surface area contributed by atoms with Gasteiger partial charge in [0.1, 0.15) is 11.5 Å². The lowest BCUT2D eigenvalue weighted by Gasteiger charge is -2.34. The van der Waals surface area contributed by atoms with Crippen molar-refractivity contribution in [2.75, 3.05) is 19.4 Å². The number of amidine groups is 1. The summed E-state index contributed by atoms with van der Waals surface area (Å²) in [7, 11) is 4.05. The van der Waals surface area contributed by atoms with Crippen LogP contribution in [0.15, 0.2) is 41.4 Å². The summed E-state index contributed by atoms with van der Waals surface area (Å²) < 4.78 is 0. The van der Waals surface area contributed by atoms with E-state index in [0.29, 0.717) is 0 Å². The van der Waals surface area contributed by atoms with Crippen LogP contribution in [0.3, 0.4) is 0 Å². The lowest BCUT2D eigenvalue weighted by molar-refractivity contribution is 0.582. The molecule has 1 aromatic rings. The first-order valence-corrected chi connectivity index (χ1v) is 5.84. The summed E-state index contributed by atoms with van der Waals surface area (Å²) in [6.45, 7) is 4.09. The molecule has 3 nitrogen and oxygen atoms in total. The van der Waals surface area contributed by atoms with Crippen molar-refractivity contribution in [2.45, 2.75) is 19.5 Å². The SMILES string of the molecule is C/C=C/C1(C)N=C(N(C)C)c2ccccc2N1. The van der Waals surface area contributed by atoms with Crippen LogP contribution in [0.4, 0.5) is 5.69 Å². The monoisotopic (exact) mass is 229 g/mol. The third-order valence-electron chi connectivity index (χ3n) is 2.81. The zero-order valence-electron chi connectivity index (χ0n) is 10.9. The second-order valence-electron chi connectivity index (χ2n) is 4.65. The Morgan fingerprint density at radius 1 is 1.29 bits per heavy atom. The van der Waals surface area contributed by atoms with E-state index >= 15 is 0 Å². The van der Waals surface area contributed by atoms with Crippen LogP contribution in [-0.4, -0.2) is 30.5 Å². The molecule has 1 aliphatic rings. The summed E-state index contributed by atoms with van der Waals surface area (Å²) in [6.07, 6.45) is 4.10. The van der Waals surface area contributed by atoms with Gasteiger partial charge in [-0.3, -0.25) is 0 Å². The Kier molecular flexibility index (Phi) is 2.92. The van der Waals surface area contributed by atoms with E-state index in [1.165, 1.54) is 0 Å². The Bertz CT molecular complexity index is 474. The molecule has 0 aliphatic carbocycles. The summed E-state index contributed by atoms with van der Waals surface area (Å²) >= 11 is 0. The van der Waals surface area contributed by atoms with Gasteiger partial charge in [-0.2, -0.15) is 0 Å². The number of fused-ring (bicyclic) bond motifs is 1. The molecule has 0 spiro atoms. The number of aliphatic imine (C=N–C) groups is 1. The molecule has 1 aromatic carbocycles. The van der Waals surface area contributed by atoms with Gasteiger partial charge in [-0.15, -0.1) is 0 Å². The highest BCUT2D eigenvalue weighted by Crippen LogP contribution is 2.28. The van der Waals surface area contributed by atoms with Gasteiger partial charge in [0.05, 0.1) is 0 Å². The van der Waals surface area contributed by atoms with Crippen molar-refractivity contribution in [3.8, 4) is 0 Å². The molecule has 0 aromatic heterocycles. The minimum atomic E-state index is -0.358.